The molecule has 0 spiro atoms. The van der Waals surface area contributed by atoms with E-state index in [0.29, 0.717) is 27.2 Å². The van der Waals surface area contributed by atoms with Crippen molar-refractivity contribution in [3.8, 4) is 23.0 Å². The van der Waals surface area contributed by atoms with Crippen molar-refractivity contribution in [2.24, 2.45) is 0 Å². The van der Waals surface area contributed by atoms with Crippen LogP contribution in [0.15, 0.2) is 16.9 Å². The third-order valence-corrected chi connectivity index (χ3v) is 4.84. The first kappa shape index (κ1) is 19.3. The van der Waals surface area contributed by atoms with Gasteiger partial charge < -0.3 is 18.9 Å². The summed E-state index contributed by atoms with van der Waals surface area (Å²) in [4.78, 5) is 17.3. The van der Waals surface area contributed by atoms with Gasteiger partial charge in [-0.3, -0.25) is 4.79 Å². The van der Waals surface area contributed by atoms with Crippen LogP contribution >= 0.6 is 27.5 Å². The molecule has 8 heteroatoms. The summed E-state index contributed by atoms with van der Waals surface area (Å²) in [5, 5.41) is 0.153. The molecule has 0 atom stereocenters. The summed E-state index contributed by atoms with van der Waals surface area (Å²) in [7, 11) is 5.88. The van der Waals surface area contributed by atoms with Crippen molar-refractivity contribution in [2.75, 3.05) is 28.4 Å². The largest absolute Gasteiger partial charge is 0.494 e. The molecule has 6 nitrogen and oxygen atoms in total. The van der Waals surface area contributed by atoms with E-state index in [-0.39, 0.29) is 27.9 Å². The molecule has 134 valence electrons. The summed E-state index contributed by atoms with van der Waals surface area (Å²) in [5.41, 5.74) is 1.13. The predicted molar refractivity (Wildman–Crippen MR) is 97.8 cm³/mol. The van der Waals surface area contributed by atoms with E-state index in [1.807, 2.05) is 0 Å². The number of carbonyl (C=O) groups is 1. The zero-order chi connectivity index (χ0) is 18.7. The summed E-state index contributed by atoms with van der Waals surface area (Å²) in [6.07, 6.45) is 1.42. The van der Waals surface area contributed by atoms with E-state index >= 15 is 0 Å². The minimum atomic E-state index is -0.375. The number of hydrogen-bond acceptors (Lipinski definition) is 6. The van der Waals surface area contributed by atoms with Crippen LogP contribution in [-0.2, 0) is 0 Å². The van der Waals surface area contributed by atoms with Crippen LogP contribution in [-0.4, -0.2) is 39.2 Å². The van der Waals surface area contributed by atoms with Crippen molar-refractivity contribution in [3.05, 3.63) is 38.6 Å². The fourth-order valence-corrected chi connectivity index (χ4v) is 3.03. The maximum Gasteiger partial charge on any atom is 0.204 e. The Morgan fingerprint density at radius 1 is 1.00 bits per heavy atom. The monoisotopic (exact) mass is 429 g/mol. The predicted octanol–water partition coefficient (Wildman–Crippen LogP) is 4.07. The third kappa shape index (κ3) is 3.39. The molecule has 0 saturated heterocycles. The smallest absolute Gasteiger partial charge is 0.204 e. The number of ketones is 1. The van der Waals surface area contributed by atoms with Crippen molar-refractivity contribution in [2.45, 2.75) is 6.92 Å². The lowest BCUT2D eigenvalue weighted by atomic mass is 9.97. The SMILES string of the molecule is COc1cc(C)c(C(=O)c2c(OC)cnc(Br)c2Cl)c(OC)c1OC. The number of aryl methyl sites for hydroxylation is 1. The molecule has 1 aromatic heterocycles. The number of ether oxygens (including phenoxy) is 4. The number of benzene rings is 1. The molecule has 1 aromatic carbocycles. The minimum Gasteiger partial charge on any atom is -0.494 e. The molecule has 0 fully saturated rings. The second-order valence-corrected chi connectivity index (χ2v) is 6.10. The highest BCUT2D eigenvalue weighted by molar-refractivity contribution is 9.10. The highest BCUT2D eigenvalue weighted by Gasteiger charge is 2.29. The van der Waals surface area contributed by atoms with Gasteiger partial charge in [0.15, 0.2) is 11.5 Å². The molecule has 2 aromatic rings. The van der Waals surface area contributed by atoms with Crippen LogP contribution in [0, 0.1) is 6.92 Å². The van der Waals surface area contributed by atoms with Gasteiger partial charge in [-0.2, -0.15) is 0 Å². The quantitative estimate of drug-likeness (QED) is 0.508. The van der Waals surface area contributed by atoms with Gasteiger partial charge in [-0.15, -0.1) is 0 Å². The van der Waals surface area contributed by atoms with E-state index < -0.39 is 0 Å². The Labute approximate surface area is 159 Å². The number of halogens is 2. The van der Waals surface area contributed by atoms with E-state index in [4.69, 9.17) is 30.5 Å². The number of rotatable bonds is 6. The summed E-state index contributed by atoms with van der Waals surface area (Å²) < 4.78 is 21.7. The van der Waals surface area contributed by atoms with Crippen LogP contribution in [0.2, 0.25) is 5.02 Å². The van der Waals surface area contributed by atoms with Gasteiger partial charge in [-0.05, 0) is 34.5 Å². The van der Waals surface area contributed by atoms with Crippen LogP contribution in [0.4, 0.5) is 0 Å². The molecule has 1 heterocycles. The topological polar surface area (TPSA) is 66.9 Å². The number of pyridine rings is 1. The Balaban J connectivity index is 2.79. The normalized spacial score (nSPS) is 10.4. The van der Waals surface area contributed by atoms with Gasteiger partial charge in [0.2, 0.25) is 11.5 Å². The van der Waals surface area contributed by atoms with Crippen molar-refractivity contribution < 1.29 is 23.7 Å². The number of methoxy groups -OCH3 is 4. The number of aromatic nitrogens is 1. The Morgan fingerprint density at radius 2 is 1.60 bits per heavy atom. The van der Waals surface area contributed by atoms with Crippen LogP contribution < -0.4 is 18.9 Å². The first-order valence-electron chi connectivity index (χ1n) is 7.13. The van der Waals surface area contributed by atoms with Crippen molar-refractivity contribution in [1.82, 2.24) is 4.98 Å². The molecule has 0 amide bonds. The summed E-state index contributed by atoms with van der Waals surface area (Å²) in [6.45, 7) is 1.77. The van der Waals surface area contributed by atoms with Crippen LogP contribution in [0.3, 0.4) is 0 Å². The van der Waals surface area contributed by atoms with Gasteiger partial charge in [-0.25, -0.2) is 4.98 Å². The highest BCUT2D eigenvalue weighted by Crippen LogP contribution is 2.44. The first-order chi connectivity index (χ1) is 11.9. The maximum atomic E-state index is 13.3. The fraction of sp³-hybridized carbons (Fsp3) is 0.294. The summed E-state index contributed by atoms with van der Waals surface area (Å²) in [5.74, 6) is 0.926. The summed E-state index contributed by atoms with van der Waals surface area (Å²) >= 11 is 9.52. The van der Waals surface area contributed by atoms with E-state index in [1.165, 1.54) is 34.6 Å². The first-order valence-corrected chi connectivity index (χ1v) is 8.30. The molecular formula is C17H17BrClNO5. The second-order valence-electron chi connectivity index (χ2n) is 4.97. The minimum absolute atomic E-state index is 0.153. The van der Waals surface area contributed by atoms with Crippen molar-refractivity contribution in [3.63, 3.8) is 0 Å². The molecule has 0 unspecified atom stereocenters. The average molecular weight is 431 g/mol. The molecule has 0 radical (unpaired) electrons. The molecule has 2 rings (SSSR count). The lowest BCUT2D eigenvalue weighted by molar-refractivity contribution is 0.103. The van der Waals surface area contributed by atoms with Gasteiger partial charge in [0.05, 0.1) is 50.8 Å². The van der Waals surface area contributed by atoms with Crippen LogP contribution in [0.1, 0.15) is 21.5 Å². The van der Waals surface area contributed by atoms with Gasteiger partial charge in [0.1, 0.15) is 10.4 Å². The zero-order valence-electron chi connectivity index (χ0n) is 14.4. The van der Waals surface area contributed by atoms with Gasteiger partial charge in [0.25, 0.3) is 0 Å². The molecule has 0 N–H and O–H groups in total. The molecule has 0 aliphatic heterocycles. The van der Waals surface area contributed by atoms with Crippen LogP contribution in [0.25, 0.3) is 0 Å². The summed E-state index contributed by atoms with van der Waals surface area (Å²) in [6, 6.07) is 1.70. The van der Waals surface area contributed by atoms with Gasteiger partial charge in [-0.1, -0.05) is 11.6 Å². The third-order valence-electron chi connectivity index (χ3n) is 3.64. The second kappa shape index (κ2) is 7.93. The van der Waals surface area contributed by atoms with Gasteiger partial charge in [0, 0.05) is 0 Å². The number of carbonyl (C=O) groups excluding carboxylic acids is 1. The molecular weight excluding hydrogens is 414 g/mol. The Hall–Kier alpha value is -1.99. The van der Waals surface area contributed by atoms with Crippen LogP contribution in [0.5, 0.6) is 23.0 Å². The lowest BCUT2D eigenvalue weighted by Gasteiger charge is -2.18. The highest BCUT2D eigenvalue weighted by atomic mass is 79.9. The number of nitrogens with zero attached hydrogens (tertiary/aromatic N) is 1. The van der Waals surface area contributed by atoms with E-state index in [1.54, 1.807) is 13.0 Å². The van der Waals surface area contributed by atoms with E-state index in [2.05, 4.69) is 20.9 Å². The van der Waals surface area contributed by atoms with Crippen molar-refractivity contribution >= 4 is 33.3 Å². The fourth-order valence-electron chi connectivity index (χ4n) is 2.50. The average Bonchev–Trinajstić information content (AvgIpc) is 2.61. The zero-order valence-corrected chi connectivity index (χ0v) is 16.7. The molecule has 25 heavy (non-hydrogen) atoms. The van der Waals surface area contributed by atoms with Gasteiger partial charge >= 0.3 is 0 Å². The van der Waals surface area contributed by atoms with E-state index in [9.17, 15) is 4.79 Å². The van der Waals surface area contributed by atoms with Crippen molar-refractivity contribution in [1.29, 1.82) is 0 Å². The molecule has 0 bridgehead atoms. The Morgan fingerprint density at radius 3 is 2.12 bits per heavy atom. The molecule has 0 aliphatic carbocycles. The Kier molecular flexibility index (Phi) is 6.13. The molecule has 0 saturated carbocycles. The standard InChI is InChI=1S/C17H17BrClNO5/c1-8-6-9(22-2)15(24-4)16(25-5)11(8)14(21)12-10(23-3)7-20-17(18)13(12)19/h6-7H,1-5H3. The lowest BCUT2D eigenvalue weighted by Crippen LogP contribution is -2.11. The Bertz CT molecular complexity index is 825. The number of hydrogen-bond donors (Lipinski definition) is 0. The maximum absolute atomic E-state index is 13.3. The molecule has 0 aliphatic rings. The van der Waals surface area contributed by atoms with E-state index in [0.717, 1.165) is 0 Å².